The average molecular weight is 219 g/mol. The lowest BCUT2D eigenvalue weighted by molar-refractivity contribution is 0.554. The fraction of sp³-hybridized carbons (Fsp3) is 0.231. The Kier molecular flexibility index (Phi) is 3.06. The van der Waals surface area contributed by atoms with Gasteiger partial charge < -0.3 is 10.2 Å². The van der Waals surface area contributed by atoms with E-state index in [4.69, 9.17) is 10.2 Å². The van der Waals surface area contributed by atoms with Crippen LogP contribution in [0.3, 0.4) is 0 Å². The van der Waals surface area contributed by atoms with Gasteiger partial charge >= 0.3 is 0 Å². The topological polar surface area (TPSA) is 39.2 Å². The molecule has 0 amide bonds. The lowest BCUT2D eigenvalue weighted by Gasteiger charge is -2.12. The summed E-state index contributed by atoms with van der Waals surface area (Å²) in [6.45, 7) is 1.74. The van der Waals surface area contributed by atoms with Crippen molar-refractivity contribution in [3.8, 4) is 0 Å². The van der Waals surface area contributed by atoms with Crippen molar-refractivity contribution in [1.29, 1.82) is 0 Å². The smallest absolute Gasteiger partial charge is 0.130 e. The van der Waals surface area contributed by atoms with Gasteiger partial charge in [-0.3, -0.25) is 0 Å². The van der Waals surface area contributed by atoms with Gasteiger partial charge in [-0.05, 0) is 30.5 Å². The molecule has 0 saturated heterocycles. The van der Waals surface area contributed by atoms with Crippen LogP contribution in [0.2, 0.25) is 0 Å². The van der Waals surface area contributed by atoms with Gasteiger partial charge in [-0.2, -0.15) is 0 Å². The van der Waals surface area contributed by atoms with E-state index in [-0.39, 0.29) is 11.9 Å². The highest BCUT2D eigenvalue weighted by molar-refractivity contribution is 5.28. The molecular weight excluding hydrogens is 205 g/mol. The number of aryl methyl sites for hydroxylation is 1. The molecule has 2 nitrogen and oxygen atoms in total. The highest BCUT2D eigenvalue weighted by atomic mass is 19.1. The van der Waals surface area contributed by atoms with E-state index in [9.17, 15) is 4.39 Å². The molecule has 0 bridgehead atoms. The van der Waals surface area contributed by atoms with Crippen molar-refractivity contribution in [3.63, 3.8) is 0 Å². The van der Waals surface area contributed by atoms with Gasteiger partial charge in [-0.1, -0.05) is 18.2 Å². The summed E-state index contributed by atoms with van der Waals surface area (Å²) in [4.78, 5) is 0. The highest BCUT2D eigenvalue weighted by Gasteiger charge is 2.13. The standard InChI is InChI=1S/C13H14FNO/c1-9-3-2-4-11(13(9)14)12(15)7-10-5-6-16-8-10/h2-6,8,12H,7,15H2,1H3. The Labute approximate surface area is 93.9 Å². The first-order valence-corrected chi connectivity index (χ1v) is 5.20. The molecule has 1 unspecified atom stereocenters. The first-order valence-electron chi connectivity index (χ1n) is 5.20. The molecule has 0 aliphatic rings. The number of nitrogens with two attached hydrogens (primary N) is 1. The molecule has 1 heterocycles. The molecule has 84 valence electrons. The zero-order valence-corrected chi connectivity index (χ0v) is 9.11. The van der Waals surface area contributed by atoms with E-state index >= 15 is 0 Å². The zero-order valence-electron chi connectivity index (χ0n) is 9.11. The predicted molar refractivity (Wildman–Crippen MR) is 60.5 cm³/mol. The summed E-state index contributed by atoms with van der Waals surface area (Å²) in [5, 5.41) is 0. The van der Waals surface area contributed by atoms with Crippen LogP contribution in [0.5, 0.6) is 0 Å². The van der Waals surface area contributed by atoms with Gasteiger partial charge in [0.25, 0.3) is 0 Å². The largest absolute Gasteiger partial charge is 0.472 e. The van der Waals surface area contributed by atoms with Crippen molar-refractivity contribution in [2.45, 2.75) is 19.4 Å². The Hall–Kier alpha value is -1.61. The highest BCUT2D eigenvalue weighted by Crippen LogP contribution is 2.21. The van der Waals surface area contributed by atoms with E-state index in [0.29, 0.717) is 17.5 Å². The van der Waals surface area contributed by atoms with Gasteiger partial charge in [-0.15, -0.1) is 0 Å². The maximum atomic E-state index is 13.8. The number of hydrogen-bond donors (Lipinski definition) is 1. The van der Waals surface area contributed by atoms with Crippen molar-refractivity contribution in [2.24, 2.45) is 5.73 Å². The van der Waals surface area contributed by atoms with Crippen molar-refractivity contribution in [3.05, 3.63) is 59.3 Å². The Morgan fingerprint density at radius 2 is 2.19 bits per heavy atom. The van der Waals surface area contributed by atoms with E-state index in [0.717, 1.165) is 5.56 Å². The molecule has 16 heavy (non-hydrogen) atoms. The summed E-state index contributed by atoms with van der Waals surface area (Å²) < 4.78 is 18.7. The minimum atomic E-state index is -0.336. The second-order valence-corrected chi connectivity index (χ2v) is 3.92. The van der Waals surface area contributed by atoms with Gasteiger partial charge in [0.2, 0.25) is 0 Å². The van der Waals surface area contributed by atoms with Crippen LogP contribution in [0.15, 0.2) is 41.2 Å². The van der Waals surface area contributed by atoms with Gasteiger partial charge in [0.05, 0.1) is 12.5 Å². The van der Waals surface area contributed by atoms with Crippen LogP contribution in [-0.4, -0.2) is 0 Å². The first kappa shape index (κ1) is 10.9. The van der Waals surface area contributed by atoms with E-state index in [1.165, 1.54) is 0 Å². The van der Waals surface area contributed by atoms with Gasteiger partial charge in [-0.25, -0.2) is 4.39 Å². The third-order valence-corrected chi connectivity index (χ3v) is 2.66. The SMILES string of the molecule is Cc1cccc(C(N)Cc2ccoc2)c1F. The van der Waals surface area contributed by atoms with E-state index in [2.05, 4.69) is 0 Å². The molecule has 0 aliphatic heterocycles. The van der Waals surface area contributed by atoms with Crippen molar-refractivity contribution >= 4 is 0 Å². The molecule has 1 atom stereocenters. The maximum Gasteiger partial charge on any atom is 0.130 e. The van der Waals surface area contributed by atoms with Crippen LogP contribution in [0.25, 0.3) is 0 Å². The van der Waals surface area contributed by atoms with Crippen molar-refractivity contribution in [2.75, 3.05) is 0 Å². The Morgan fingerprint density at radius 3 is 2.88 bits per heavy atom. The lowest BCUT2D eigenvalue weighted by Crippen LogP contribution is -2.15. The van der Waals surface area contributed by atoms with E-state index in [1.54, 1.807) is 31.6 Å². The van der Waals surface area contributed by atoms with E-state index < -0.39 is 0 Å². The van der Waals surface area contributed by atoms with Crippen molar-refractivity contribution in [1.82, 2.24) is 0 Å². The van der Waals surface area contributed by atoms with Crippen LogP contribution < -0.4 is 5.73 Å². The quantitative estimate of drug-likeness (QED) is 0.861. The number of halogens is 1. The summed E-state index contributed by atoms with van der Waals surface area (Å²) in [6.07, 6.45) is 3.80. The average Bonchev–Trinajstić information content (AvgIpc) is 2.74. The molecule has 0 spiro atoms. The third-order valence-electron chi connectivity index (χ3n) is 2.66. The summed E-state index contributed by atoms with van der Waals surface area (Å²) in [7, 11) is 0. The minimum absolute atomic E-state index is 0.210. The molecule has 0 aliphatic carbocycles. The molecule has 2 N–H and O–H groups in total. The summed E-state index contributed by atoms with van der Waals surface area (Å²) in [5.74, 6) is -0.210. The second-order valence-electron chi connectivity index (χ2n) is 3.92. The minimum Gasteiger partial charge on any atom is -0.472 e. The fourth-order valence-corrected chi connectivity index (χ4v) is 1.73. The lowest BCUT2D eigenvalue weighted by atomic mass is 9.99. The molecule has 3 heteroatoms. The summed E-state index contributed by atoms with van der Waals surface area (Å²) in [5.41, 5.74) is 8.14. The number of furan rings is 1. The Morgan fingerprint density at radius 1 is 1.38 bits per heavy atom. The molecule has 2 aromatic rings. The molecule has 1 aromatic carbocycles. The fourth-order valence-electron chi connectivity index (χ4n) is 1.73. The van der Waals surface area contributed by atoms with Gasteiger partial charge in [0.15, 0.2) is 0 Å². The van der Waals surface area contributed by atoms with E-state index in [1.807, 2.05) is 12.1 Å². The molecule has 0 radical (unpaired) electrons. The van der Waals surface area contributed by atoms with Gasteiger partial charge in [0.1, 0.15) is 5.82 Å². The normalized spacial score (nSPS) is 12.7. The monoisotopic (exact) mass is 219 g/mol. The predicted octanol–water partition coefficient (Wildman–Crippen LogP) is 2.97. The Balaban J connectivity index is 2.21. The summed E-state index contributed by atoms with van der Waals surface area (Å²) >= 11 is 0. The molecular formula is C13H14FNO. The molecule has 0 saturated carbocycles. The number of benzene rings is 1. The zero-order chi connectivity index (χ0) is 11.5. The third kappa shape index (κ3) is 2.14. The van der Waals surface area contributed by atoms with Crippen LogP contribution in [0, 0.1) is 12.7 Å². The van der Waals surface area contributed by atoms with Crippen LogP contribution >= 0.6 is 0 Å². The summed E-state index contributed by atoms with van der Waals surface area (Å²) in [6, 6.07) is 6.80. The molecule has 1 aromatic heterocycles. The maximum absolute atomic E-state index is 13.8. The molecule has 2 rings (SSSR count). The first-order chi connectivity index (χ1) is 7.68. The molecule has 0 fully saturated rings. The van der Waals surface area contributed by atoms with Crippen LogP contribution in [-0.2, 0) is 6.42 Å². The van der Waals surface area contributed by atoms with Crippen LogP contribution in [0.1, 0.15) is 22.7 Å². The second kappa shape index (κ2) is 4.49. The number of rotatable bonds is 3. The van der Waals surface area contributed by atoms with Crippen LogP contribution in [0.4, 0.5) is 4.39 Å². The van der Waals surface area contributed by atoms with Gasteiger partial charge in [0, 0.05) is 11.6 Å². The number of hydrogen-bond acceptors (Lipinski definition) is 2. The Bertz CT molecular complexity index is 465. The van der Waals surface area contributed by atoms with Crippen molar-refractivity contribution < 1.29 is 8.81 Å².